The molecular formula is C31H33ClN2O7S. The molecule has 4 rings (SSSR count). The molecule has 2 aromatic carbocycles. The molecule has 1 aromatic heterocycles. The number of sulfonamides is 1. The van der Waals surface area contributed by atoms with Crippen molar-refractivity contribution < 1.29 is 31.9 Å². The quantitative estimate of drug-likeness (QED) is 0.201. The number of hydrogen-bond donors (Lipinski definition) is 0. The Hall–Kier alpha value is -3.70. The van der Waals surface area contributed by atoms with Crippen LogP contribution in [-0.4, -0.2) is 56.4 Å². The van der Waals surface area contributed by atoms with Gasteiger partial charge in [-0.1, -0.05) is 41.4 Å². The summed E-state index contributed by atoms with van der Waals surface area (Å²) in [6, 6.07) is 16.9. The molecule has 0 aliphatic carbocycles. The van der Waals surface area contributed by atoms with E-state index < -0.39 is 16.0 Å². The number of allylic oxidation sites excluding steroid dienone is 1. The molecule has 1 amide bonds. The second kappa shape index (κ2) is 13.5. The number of carbonyl (C=O) groups is 2. The number of esters is 1. The van der Waals surface area contributed by atoms with Crippen molar-refractivity contribution in [1.82, 2.24) is 9.21 Å². The fourth-order valence-electron chi connectivity index (χ4n) is 4.53. The van der Waals surface area contributed by atoms with E-state index in [0.717, 1.165) is 11.1 Å². The van der Waals surface area contributed by atoms with Crippen molar-refractivity contribution in [1.29, 1.82) is 0 Å². The number of furan rings is 1. The lowest BCUT2D eigenvalue weighted by atomic mass is 10.1. The highest BCUT2D eigenvalue weighted by Crippen LogP contribution is 2.32. The van der Waals surface area contributed by atoms with Gasteiger partial charge in [-0.2, -0.15) is 4.31 Å². The molecule has 0 saturated carbocycles. The number of methoxy groups -OCH3 is 1. The smallest absolute Gasteiger partial charge is 0.340 e. The van der Waals surface area contributed by atoms with Crippen LogP contribution in [0.25, 0.3) is 6.08 Å². The van der Waals surface area contributed by atoms with Gasteiger partial charge < -0.3 is 18.8 Å². The van der Waals surface area contributed by atoms with Gasteiger partial charge in [0.1, 0.15) is 11.5 Å². The molecule has 11 heteroatoms. The lowest BCUT2D eigenvalue weighted by Crippen LogP contribution is -2.30. The number of carbonyl (C=O) groups excluding carboxylic acids is 2. The first-order valence-electron chi connectivity index (χ1n) is 13.4. The Morgan fingerprint density at radius 1 is 1.02 bits per heavy atom. The van der Waals surface area contributed by atoms with E-state index in [4.69, 9.17) is 25.5 Å². The molecular weight excluding hydrogens is 580 g/mol. The predicted molar refractivity (Wildman–Crippen MR) is 159 cm³/mol. The summed E-state index contributed by atoms with van der Waals surface area (Å²) in [5, 5.41) is 0.545. The van der Waals surface area contributed by atoms with Crippen molar-refractivity contribution in [3.05, 3.63) is 105 Å². The SMILES string of the molecule is CCOC(=O)C1=C(C)N(CCOC)C(=O)/C1=C/c1ccc(CN(Cc2ccc(Cl)cc2)S(=O)(=O)c2ccc(C)cc2)o1. The molecule has 0 fully saturated rings. The maximum absolute atomic E-state index is 13.7. The maximum Gasteiger partial charge on any atom is 0.340 e. The van der Waals surface area contributed by atoms with E-state index >= 15 is 0 Å². The highest BCUT2D eigenvalue weighted by Gasteiger charge is 2.37. The van der Waals surface area contributed by atoms with Crippen LogP contribution in [0, 0.1) is 6.92 Å². The maximum atomic E-state index is 13.7. The molecule has 9 nitrogen and oxygen atoms in total. The molecule has 0 bridgehead atoms. The number of nitrogens with zero attached hydrogens (tertiary/aromatic N) is 2. The molecule has 0 N–H and O–H groups in total. The highest BCUT2D eigenvalue weighted by molar-refractivity contribution is 7.89. The standard InChI is InChI=1S/C31H33ClN2O7S/c1-5-40-31(36)29-22(3)34(16-17-39-4)30(35)28(29)18-25-12-13-26(41-25)20-33(19-23-8-10-24(32)11-9-23)42(37,38)27-14-6-21(2)7-15-27/h6-15,18H,5,16-17,19-20H2,1-4H3/b28-18+. The third-order valence-electron chi connectivity index (χ3n) is 6.74. The normalized spacial score (nSPS) is 14.9. The highest BCUT2D eigenvalue weighted by atomic mass is 35.5. The average molecular weight is 613 g/mol. The molecule has 222 valence electrons. The van der Waals surface area contributed by atoms with Crippen molar-refractivity contribution in [2.24, 2.45) is 0 Å². The summed E-state index contributed by atoms with van der Waals surface area (Å²) in [5.74, 6) is -0.348. The van der Waals surface area contributed by atoms with Gasteiger partial charge in [-0.05, 0) is 68.8 Å². The minimum absolute atomic E-state index is 0.0739. The molecule has 1 aliphatic rings. The zero-order valence-corrected chi connectivity index (χ0v) is 25.5. The van der Waals surface area contributed by atoms with Crippen molar-refractivity contribution in [2.75, 3.05) is 26.9 Å². The van der Waals surface area contributed by atoms with Crippen LogP contribution in [0.15, 0.2) is 86.8 Å². The number of ether oxygens (including phenoxy) is 2. The number of amides is 1. The van der Waals surface area contributed by atoms with Gasteiger partial charge in [0.25, 0.3) is 5.91 Å². The van der Waals surface area contributed by atoms with Crippen molar-refractivity contribution in [3.63, 3.8) is 0 Å². The summed E-state index contributed by atoms with van der Waals surface area (Å²) in [5.41, 5.74) is 2.44. The Bertz CT molecular complexity index is 1610. The van der Waals surface area contributed by atoms with E-state index in [1.165, 1.54) is 22.4 Å². The minimum Gasteiger partial charge on any atom is -0.462 e. The molecule has 0 unspecified atom stereocenters. The third kappa shape index (κ3) is 7.01. The summed E-state index contributed by atoms with van der Waals surface area (Å²) in [7, 11) is -2.38. The topological polar surface area (TPSA) is 106 Å². The van der Waals surface area contributed by atoms with E-state index in [0.29, 0.717) is 16.5 Å². The minimum atomic E-state index is -3.91. The van der Waals surface area contributed by atoms with Gasteiger partial charge in [0.05, 0.1) is 35.8 Å². The van der Waals surface area contributed by atoms with Crippen molar-refractivity contribution in [2.45, 2.75) is 38.8 Å². The fraction of sp³-hybridized carbons (Fsp3) is 0.290. The molecule has 0 radical (unpaired) electrons. The molecule has 3 aromatic rings. The van der Waals surface area contributed by atoms with Gasteiger partial charge >= 0.3 is 5.97 Å². The van der Waals surface area contributed by atoms with Crippen LogP contribution in [0.4, 0.5) is 0 Å². The van der Waals surface area contributed by atoms with E-state index in [1.807, 2.05) is 6.92 Å². The Morgan fingerprint density at radius 2 is 1.71 bits per heavy atom. The van der Waals surface area contributed by atoms with Gasteiger partial charge in [0.2, 0.25) is 10.0 Å². The fourth-order valence-corrected chi connectivity index (χ4v) is 6.05. The van der Waals surface area contributed by atoms with E-state index in [2.05, 4.69) is 0 Å². The number of aryl methyl sites for hydroxylation is 1. The van der Waals surface area contributed by atoms with Gasteiger partial charge in [-0.3, -0.25) is 4.79 Å². The summed E-state index contributed by atoms with van der Waals surface area (Å²) < 4.78 is 45.1. The Labute approximate surface area is 251 Å². The first-order chi connectivity index (χ1) is 20.0. The van der Waals surface area contributed by atoms with Crippen LogP contribution in [0.1, 0.15) is 36.5 Å². The number of halogens is 1. The summed E-state index contributed by atoms with van der Waals surface area (Å²) in [6.07, 6.45) is 1.48. The van der Waals surface area contributed by atoms with Crippen LogP contribution < -0.4 is 0 Å². The number of benzene rings is 2. The Kier molecular flexibility index (Phi) is 10.1. The van der Waals surface area contributed by atoms with E-state index in [-0.39, 0.29) is 60.6 Å². The molecule has 0 atom stereocenters. The van der Waals surface area contributed by atoms with Crippen molar-refractivity contribution in [3.8, 4) is 0 Å². The van der Waals surface area contributed by atoms with Gasteiger partial charge in [-0.15, -0.1) is 0 Å². The zero-order chi connectivity index (χ0) is 30.4. The monoisotopic (exact) mass is 612 g/mol. The van der Waals surface area contributed by atoms with Gasteiger partial charge in [0.15, 0.2) is 0 Å². The molecule has 1 aliphatic heterocycles. The van der Waals surface area contributed by atoms with Crippen LogP contribution in [0.2, 0.25) is 5.02 Å². The lowest BCUT2D eigenvalue weighted by Gasteiger charge is -2.21. The van der Waals surface area contributed by atoms with Crippen molar-refractivity contribution >= 4 is 39.6 Å². The molecule has 0 spiro atoms. The predicted octanol–water partition coefficient (Wildman–Crippen LogP) is 5.34. The third-order valence-corrected chi connectivity index (χ3v) is 8.80. The average Bonchev–Trinajstić information content (AvgIpc) is 3.49. The first kappa shape index (κ1) is 31.2. The van der Waals surface area contributed by atoms with Crippen LogP contribution in [0.5, 0.6) is 0 Å². The number of hydrogen-bond acceptors (Lipinski definition) is 7. The molecule has 0 saturated heterocycles. The largest absolute Gasteiger partial charge is 0.462 e. The molecule has 2 heterocycles. The summed E-state index contributed by atoms with van der Waals surface area (Å²) in [4.78, 5) is 27.7. The summed E-state index contributed by atoms with van der Waals surface area (Å²) in [6.45, 7) is 5.96. The summed E-state index contributed by atoms with van der Waals surface area (Å²) >= 11 is 6.03. The first-order valence-corrected chi connectivity index (χ1v) is 15.2. The Balaban J connectivity index is 1.66. The second-order valence-electron chi connectivity index (χ2n) is 9.71. The lowest BCUT2D eigenvalue weighted by molar-refractivity contribution is -0.138. The Morgan fingerprint density at radius 3 is 2.36 bits per heavy atom. The zero-order valence-electron chi connectivity index (χ0n) is 23.9. The van der Waals surface area contributed by atoms with Gasteiger partial charge in [0, 0.05) is 30.9 Å². The second-order valence-corrected chi connectivity index (χ2v) is 12.1. The van der Waals surface area contributed by atoms with E-state index in [1.54, 1.807) is 74.5 Å². The number of rotatable bonds is 12. The van der Waals surface area contributed by atoms with Crippen LogP contribution >= 0.6 is 11.6 Å². The van der Waals surface area contributed by atoms with Crippen LogP contribution in [0.3, 0.4) is 0 Å². The molecule has 42 heavy (non-hydrogen) atoms. The van der Waals surface area contributed by atoms with Gasteiger partial charge in [-0.25, -0.2) is 13.2 Å². The van der Waals surface area contributed by atoms with E-state index in [9.17, 15) is 18.0 Å². The van der Waals surface area contributed by atoms with Crippen LogP contribution in [-0.2, 0) is 42.2 Å².